The van der Waals surface area contributed by atoms with Crippen LogP contribution in [-0.2, 0) is 32.1 Å². The molecule has 8 aromatic rings. The number of hydrogen-bond acceptors (Lipinski definition) is 26. The van der Waals surface area contributed by atoms with Crippen LogP contribution in [0.1, 0.15) is 44.5 Å². The highest BCUT2D eigenvalue weighted by molar-refractivity contribution is 5.65. The van der Waals surface area contributed by atoms with Gasteiger partial charge in [0.15, 0.2) is 0 Å². The van der Waals surface area contributed by atoms with Gasteiger partial charge in [-0.15, -0.1) is 0 Å². The maximum Gasteiger partial charge on any atom is 0.278 e. The minimum absolute atomic E-state index is 0.00369. The van der Waals surface area contributed by atoms with Crippen LogP contribution in [0.5, 0.6) is 23.0 Å². The molecule has 33 nitrogen and oxygen atoms in total. The number of phenolic OH excluding ortho intramolecular Hbond substituents is 4. The summed E-state index contributed by atoms with van der Waals surface area (Å²) in [7, 11) is 0. The molecule has 4 N–H and O–H groups in total. The van der Waals surface area contributed by atoms with Crippen LogP contribution in [0.2, 0.25) is 0 Å². The molecule has 0 aromatic heterocycles. The Balaban J connectivity index is 1.26. The number of nitrogens with zero attached hydrogens (tertiary/aromatic N) is 15. The van der Waals surface area contributed by atoms with Gasteiger partial charge in [0, 0.05) is 101 Å². The summed E-state index contributed by atoms with van der Waals surface area (Å²) >= 11 is 0. The van der Waals surface area contributed by atoms with E-state index in [0.717, 1.165) is 42.5 Å². The summed E-state index contributed by atoms with van der Waals surface area (Å²) in [6, 6.07) is 23.4. The highest BCUT2D eigenvalue weighted by Gasteiger charge is 2.24. The molecular weight excluding hydrogens is 1130 g/mol. The molecule has 0 amide bonds. The number of nitro benzene ring substituents is 7. The molecule has 0 atom stereocenters. The molecule has 0 saturated heterocycles. The summed E-state index contributed by atoms with van der Waals surface area (Å²) in [6.07, 6.45) is -1.59. The van der Waals surface area contributed by atoms with Crippen LogP contribution in [0.3, 0.4) is 0 Å². The Morgan fingerprint density at radius 3 is 0.698 bits per heavy atom. The molecule has 1 aliphatic rings. The molecule has 0 saturated carbocycles. The fourth-order valence-corrected chi connectivity index (χ4v) is 8.95. The average Bonchev–Trinajstić information content (AvgIpc) is 2.58. The molecule has 0 radical (unpaired) electrons. The summed E-state index contributed by atoms with van der Waals surface area (Å²) in [5.74, 6) is -1.77. The quantitative estimate of drug-likeness (QED) is 0.0421. The van der Waals surface area contributed by atoms with Crippen molar-refractivity contribution in [2.45, 2.75) is 32.1 Å². The van der Waals surface area contributed by atoms with E-state index in [2.05, 4.69) is 40.9 Å². The highest BCUT2D eigenvalue weighted by Crippen LogP contribution is 2.43. The van der Waals surface area contributed by atoms with Crippen molar-refractivity contribution >= 4 is 85.3 Å². The van der Waals surface area contributed by atoms with Gasteiger partial charge in [-0.1, -0.05) is 6.07 Å². The molecule has 1 aliphatic carbocycles. The van der Waals surface area contributed by atoms with E-state index in [1.54, 1.807) is 0 Å². The third kappa shape index (κ3) is 13.3. The zero-order valence-corrected chi connectivity index (χ0v) is 43.4. The largest absolute Gasteiger partial charge is 0.507 e. The Kier molecular flexibility index (Phi) is 16.2. The monoisotopic (exact) mass is 1170 g/mol. The van der Waals surface area contributed by atoms with Gasteiger partial charge in [-0.3, -0.25) is 70.8 Å². The molecule has 8 bridgehead atoms. The van der Waals surface area contributed by atoms with Crippen molar-refractivity contribution in [2.75, 3.05) is 0 Å². The lowest BCUT2D eigenvalue weighted by molar-refractivity contribution is -0.394. The normalized spacial score (nSPS) is 12.4. The van der Waals surface area contributed by atoms with Crippen LogP contribution < -0.4 is 0 Å². The number of aryl methyl sites for hydroxylation is 2. The Bertz CT molecular complexity index is 4260. The predicted molar refractivity (Wildman–Crippen MR) is 297 cm³/mol. The van der Waals surface area contributed by atoms with Gasteiger partial charge in [0.1, 0.15) is 23.0 Å². The predicted octanol–water partition coefficient (Wildman–Crippen LogP) is 14.4. The Hall–Kier alpha value is -12.8. The summed E-state index contributed by atoms with van der Waals surface area (Å²) in [5, 5.41) is 164. The Morgan fingerprint density at radius 2 is 0.453 bits per heavy atom. The van der Waals surface area contributed by atoms with Crippen LogP contribution in [0.25, 0.3) is 0 Å². The number of azo groups is 4. The fourth-order valence-electron chi connectivity index (χ4n) is 8.95. The van der Waals surface area contributed by atoms with Gasteiger partial charge in [-0.25, -0.2) is 0 Å². The summed E-state index contributed by atoms with van der Waals surface area (Å²) in [6.45, 7) is 0. The topological polar surface area (TPSA) is 482 Å². The molecule has 86 heavy (non-hydrogen) atoms. The number of benzene rings is 8. The number of nitro groups is 7. The highest BCUT2D eigenvalue weighted by atomic mass is 16.7. The number of phenols is 4. The molecule has 8 aromatic carbocycles. The molecule has 0 unspecified atom stereocenters. The second kappa shape index (κ2) is 24.1. The molecule has 430 valence electrons. The number of rotatable bonds is 15. The Labute approximate surface area is 477 Å². The van der Waals surface area contributed by atoms with Crippen LogP contribution >= 0.6 is 0 Å². The number of aromatic hydroxyl groups is 4. The van der Waals surface area contributed by atoms with Crippen molar-refractivity contribution in [3.8, 4) is 23.0 Å². The van der Waals surface area contributed by atoms with E-state index < -0.39 is 98.7 Å². The molecule has 0 heterocycles. The first-order valence-corrected chi connectivity index (χ1v) is 24.6. The van der Waals surface area contributed by atoms with Crippen molar-refractivity contribution < 1.29 is 54.9 Å². The minimum Gasteiger partial charge on any atom is -0.507 e. The van der Waals surface area contributed by atoms with Crippen molar-refractivity contribution in [3.05, 3.63) is 243 Å². The van der Waals surface area contributed by atoms with E-state index in [1.807, 2.05) is 0 Å². The van der Waals surface area contributed by atoms with Crippen LogP contribution in [0.15, 0.2) is 168 Å². The second-order valence-electron chi connectivity index (χ2n) is 18.7. The molecular formula is C53H35N15O18. The van der Waals surface area contributed by atoms with Gasteiger partial charge in [0.25, 0.3) is 39.8 Å². The first-order valence-electron chi connectivity index (χ1n) is 24.6. The van der Waals surface area contributed by atoms with Gasteiger partial charge >= 0.3 is 0 Å². The van der Waals surface area contributed by atoms with Gasteiger partial charge in [0.2, 0.25) is 0 Å². The van der Waals surface area contributed by atoms with E-state index in [1.165, 1.54) is 66.7 Å². The smallest absolute Gasteiger partial charge is 0.278 e. The lowest BCUT2D eigenvalue weighted by Gasteiger charge is -2.16. The molecule has 0 aliphatic heterocycles. The maximum atomic E-state index is 12.2. The SMILES string of the molecule is O=[N+]([O-])c1cccc(N=Nc2cc3c(O)c(c2)Cc2cc(N=Nc4cc([N+](=O)[O-])cc([N+](=O)[O-])c4)cc(c2O)Cc2cc(N=Nc4cc([N+](=O)[O-])cc([N+](=O)[O-])c4)cc(c2O)Cc2cc(N=Nc4cc([N+](=O)[O-])cc([N+](=O)[O-])c4)cc(c2O)CC3)c1. The van der Waals surface area contributed by atoms with Crippen molar-refractivity contribution in [3.63, 3.8) is 0 Å². The maximum absolute atomic E-state index is 12.2. The van der Waals surface area contributed by atoms with Gasteiger partial charge in [0.05, 0.1) is 98.2 Å². The minimum atomic E-state index is -0.890. The zero-order chi connectivity index (χ0) is 61.7. The standard InChI is InChI=1S/C53H35N15O18/c69-50-27-4-5-28-10-37(56-59-40-18-44(63(75)76)24-45(19-40)64(77)78)12-30(51(28)70)7-32-14-39(58-61-42-22-48(67(83)84)26-49(23-42)68(85)86)16-34(53(32)72)8-33-15-38(57-60-41-20-46(65(79)80)25-47(21-41)66(81)82)13-31(52(33)71)6-29(50)11-36(9-27)55-54-35-2-1-3-43(17-35)62(73)74/h1-3,9-26,69-72H,4-8H2. The first kappa shape index (κ1) is 57.8. The summed E-state index contributed by atoms with van der Waals surface area (Å²) in [5.41, 5.74) is -5.51. The lowest BCUT2D eigenvalue weighted by Crippen LogP contribution is -1.99. The third-order valence-electron chi connectivity index (χ3n) is 12.9. The lowest BCUT2D eigenvalue weighted by atomic mass is 9.93. The summed E-state index contributed by atoms with van der Waals surface area (Å²) in [4.78, 5) is 76.1. The van der Waals surface area contributed by atoms with Crippen LogP contribution in [0, 0.1) is 70.8 Å². The van der Waals surface area contributed by atoms with E-state index in [0.29, 0.717) is 18.2 Å². The van der Waals surface area contributed by atoms with Gasteiger partial charge < -0.3 is 20.4 Å². The van der Waals surface area contributed by atoms with Crippen molar-refractivity contribution in [1.29, 1.82) is 0 Å². The number of fused-ring (bicyclic) bond motifs is 8. The third-order valence-corrected chi connectivity index (χ3v) is 12.9. The van der Waals surface area contributed by atoms with Gasteiger partial charge in [-0.2, -0.15) is 40.9 Å². The number of hydrogen-bond donors (Lipinski definition) is 4. The second-order valence-corrected chi connectivity index (χ2v) is 18.7. The first-order chi connectivity index (χ1) is 40.9. The van der Waals surface area contributed by atoms with E-state index in [-0.39, 0.29) is 121 Å². The number of non-ortho nitro benzene ring substituents is 7. The van der Waals surface area contributed by atoms with E-state index in [9.17, 15) is 91.2 Å². The van der Waals surface area contributed by atoms with Crippen LogP contribution in [0.4, 0.5) is 85.3 Å². The Morgan fingerprint density at radius 1 is 0.256 bits per heavy atom. The van der Waals surface area contributed by atoms with E-state index in [4.69, 9.17) is 0 Å². The molecule has 0 fully saturated rings. The van der Waals surface area contributed by atoms with Crippen molar-refractivity contribution in [1.82, 2.24) is 0 Å². The van der Waals surface area contributed by atoms with Gasteiger partial charge in [-0.05, 0) is 78.6 Å². The fraction of sp³-hybridized carbons (Fsp3) is 0.0943. The molecule has 0 spiro atoms. The van der Waals surface area contributed by atoms with Crippen molar-refractivity contribution in [2.24, 2.45) is 40.9 Å². The molecule has 9 rings (SSSR count). The molecule has 33 heteroatoms. The zero-order valence-electron chi connectivity index (χ0n) is 43.4. The van der Waals surface area contributed by atoms with E-state index >= 15 is 0 Å². The summed E-state index contributed by atoms with van der Waals surface area (Å²) < 4.78 is 0. The average molecular weight is 1170 g/mol. The van der Waals surface area contributed by atoms with Crippen LogP contribution in [-0.4, -0.2) is 54.9 Å².